The van der Waals surface area contributed by atoms with Gasteiger partial charge in [0, 0.05) is 26.2 Å². The van der Waals surface area contributed by atoms with E-state index in [0.29, 0.717) is 0 Å². The summed E-state index contributed by atoms with van der Waals surface area (Å²) in [7, 11) is 0. The predicted octanol–water partition coefficient (Wildman–Crippen LogP) is 1.23. The summed E-state index contributed by atoms with van der Waals surface area (Å²) in [5.74, 6) is 0.820. The van der Waals surface area contributed by atoms with Crippen molar-refractivity contribution in [3.05, 3.63) is 42.5 Å². The van der Waals surface area contributed by atoms with Crippen molar-refractivity contribution in [1.29, 1.82) is 0 Å². The second-order valence-electron chi connectivity index (χ2n) is 4.52. The number of hydrogen-bond donors (Lipinski definition) is 1. The highest BCUT2D eigenvalue weighted by molar-refractivity contribution is 5.78. The van der Waals surface area contributed by atoms with Gasteiger partial charge in [0.25, 0.3) is 5.91 Å². The Morgan fingerprint density at radius 2 is 2.11 bits per heavy atom. The molecule has 1 aromatic carbocycles. The van der Waals surface area contributed by atoms with Crippen LogP contribution in [0.2, 0.25) is 0 Å². The first kappa shape index (κ1) is 13.6. The number of piperazine rings is 1. The molecule has 4 nitrogen and oxygen atoms in total. The first-order valence-corrected chi connectivity index (χ1v) is 6.61. The molecule has 1 aromatic rings. The molecule has 1 aliphatic heterocycles. The van der Waals surface area contributed by atoms with Crippen LogP contribution in [0.4, 0.5) is 0 Å². The number of hydrogen-bond acceptors (Lipinski definition) is 3. The van der Waals surface area contributed by atoms with E-state index in [4.69, 9.17) is 4.74 Å². The molecule has 1 heterocycles. The van der Waals surface area contributed by atoms with Gasteiger partial charge in [-0.2, -0.15) is 0 Å². The molecular formula is C15H20N2O2. The smallest absolute Gasteiger partial charge is 0.260 e. The third-order valence-corrected chi connectivity index (χ3v) is 3.16. The number of nitrogens with zero attached hydrogens (tertiary/aromatic N) is 1. The molecule has 1 fully saturated rings. The molecule has 1 aliphatic rings. The van der Waals surface area contributed by atoms with Gasteiger partial charge >= 0.3 is 0 Å². The maximum Gasteiger partial charge on any atom is 0.260 e. The van der Waals surface area contributed by atoms with Crippen LogP contribution in [0.15, 0.2) is 36.9 Å². The number of carbonyl (C=O) groups excluding carboxylic acids is 1. The minimum absolute atomic E-state index is 0.0508. The van der Waals surface area contributed by atoms with Crippen molar-refractivity contribution in [3.63, 3.8) is 0 Å². The highest BCUT2D eigenvalue weighted by Gasteiger charge is 2.16. The summed E-state index contributed by atoms with van der Waals surface area (Å²) in [5.41, 5.74) is 1.06. The maximum absolute atomic E-state index is 12.0. The zero-order valence-electron chi connectivity index (χ0n) is 11.1. The van der Waals surface area contributed by atoms with Gasteiger partial charge in [0.1, 0.15) is 5.75 Å². The molecule has 0 aromatic heterocycles. The Bertz CT molecular complexity index is 440. The summed E-state index contributed by atoms with van der Waals surface area (Å²) < 4.78 is 5.65. The zero-order valence-corrected chi connectivity index (χ0v) is 11.1. The summed E-state index contributed by atoms with van der Waals surface area (Å²) in [6.07, 6.45) is 2.58. The molecule has 0 spiro atoms. The fourth-order valence-electron chi connectivity index (χ4n) is 2.11. The molecule has 0 saturated carbocycles. The number of ether oxygens (including phenoxy) is 1. The zero-order chi connectivity index (χ0) is 13.5. The number of rotatable bonds is 5. The highest BCUT2D eigenvalue weighted by atomic mass is 16.5. The molecule has 1 N–H and O–H groups in total. The Kier molecular flexibility index (Phi) is 4.98. The van der Waals surface area contributed by atoms with Crippen LogP contribution in [0.1, 0.15) is 5.56 Å². The highest BCUT2D eigenvalue weighted by Crippen LogP contribution is 2.18. The quantitative estimate of drug-likeness (QED) is 0.810. The molecule has 2 rings (SSSR count). The Labute approximate surface area is 114 Å². The molecule has 102 valence electrons. The van der Waals surface area contributed by atoms with Crippen molar-refractivity contribution in [1.82, 2.24) is 10.2 Å². The monoisotopic (exact) mass is 260 g/mol. The average molecular weight is 260 g/mol. The Morgan fingerprint density at radius 1 is 1.37 bits per heavy atom. The van der Waals surface area contributed by atoms with Crippen LogP contribution in [-0.2, 0) is 11.2 Å². The third kappa shape index (κ3) is 3.83. The first-order valence-electron chi connectivity index (χ1n) is 6.61. The van der Waals surface area contributed by atoms with E-state index in [9.17, 15) is 4.79 Å². The van der Waals surface area contributed by atoms with Crippen molar-refractivity contribution in [3.8, 4) is 5.75 Å². The number of carbonyl (C=O) groups is 1. The second-order valence-corrected chi connectivity index (χ2v) is 4.52. The van der Waals surface area contributed by atoms with Gasteiger partial charge in [0.15, 0.2) is 6.61 Å². The van der Waals surface area contributed by atoms with Gasteiger partial charge in [-0.3, -0.25) is 4.79 Å². The second kappa shape index (κ2) is 6.95. The van der Waals surface area contributed by atoms with Crippen LogP contribution in [0.3, 0.4) is 0 Å². The lowest BCUT2D eigenvalue weighted by atomic mass is 10.1. The van der Waals surface area contributed by atoms with Crippen LogP contribution in [0, 0.1) is 0 Å². The number of amides is 1. The van der Waals surface area contributed by atoms with E-state index in [0.717, 1.165) is 43.9 Å². The van der Waals surface area contributed by atoms with Crippen LogP contribution < -0.4 is 10.1 Å². The molecule has 19 heavy (non-hydrogen) atoms. The minimum atomic E-state index is 0.0508. The Hall–Kier alpha value is -1.81. The molecule has 0 aliphatic carbocycles. The van der Waals surface area contributed by atoms with E-state index in [1.807, 2.05) is 35.2 Å². The predicted molar refractivity (Wildman–Crippen MR) is 75.3 cm³/mol. The van der Waals surface area contributed by atoms with Gasteiger partial charge < -0.3 is 15.0 Å². The molecule has 0 unspecified atom stereocenters. The van der Waals surface area contributed by atoms with Gasteiger partial charge in [-0.05, 0) is 18.1 Å². The number of benzene rings is 1. The summed E-state index contributed by atoms with van der Waals surface area (Å²) in [6, 6.07) is 7.76. The number of para-hydroxylation sites is 1. The lowest BCUT2D eigenvalue weighted by molar-refractivity contribution is -0.133. The SMILES string of the molecule is C=CCc1ccccc1OCC(=O)N1CCNCC1. The van der Waals surface area contributed by atoms with Crippen molar-refractivity contribution >= 4 is 5.91 Å². The standard InChI is InChI=1S/C15H20N2O2/c1-2-5-13-6-3-4-7-14(13)19-12-15(18)17-10-8-16-9-11-17/h2-4,6-7,16H,1,5,8-12H2. The molecular weight excluding hydrogens is 240 g/mol. The first-order chi connectivity index (χ1) is 9.31. The molecule has 1 amide bonds. The summed E-state index contributed by atoms with van der Waals surface area (Å²) >= 11 is 0. The summed E-state index contributed by atoms with van der Waals surface area (Å²) in [6.45, 7) is 7.07. The fraction of sp³-hybridized carbons (Fsp3) is 0.400. The van der Waals surface area contributed by atoms with Gasteiger partial charge in [-0.25, -0.2) is 0 Å². The lowest BCUT2D eigenvalue weighted by Crippen LogP contribution is -2.47. The van der Waals surface area contributed by atoms with E-state index in [1.54, 1.807) is 0 Å². The van der Waals surface area contributed by atoms with E-state index >= 15 is 0 Å². The molecule has 1 saturated heterocycles. The topological polar surface area (TPSA) is 41.6 Å². The van der Waals surface area contributed by atoms with Crippen LogP contribution in [0.5, 0.6) is 5.75 Å². The van der Waals surface area contributed by atoms with E-state index < -0.39 is 0 Å². The van der Waals surface area contributed by atoms with Crippen molar-refractivity contribution < 1.29 is 9.53 Å². The van der Waals surface area contributed by atoms with Gasteiger partial charge in [0.05, 0.1) is 0 Å². The maximum atomic E-state index is 12.0. The Balaban J connectivity index is 1.90. The van der Waals surface area contributed by atoms with E-state index in [2.05, 4.69) is 11.9 Å². The fourth-order valence-corrected chi connectivity index (χ4v) is 2.11. The van der Waals surface area contributed by atoms with Gasteiger partial charge in [-0.1, -0.05) is 24.3 Å². The van der Waals surface area contributed by atoms with E-state index in [1.165, 1.54) is 0 Å². The molecule has 0 bridgehead atoms. The van der Waals surface area contributed by atoms with Crippen molar-refractivity contribution in [2.75, 3.05) is 32.8 Å². The van der Waals surface area contributed by atoms with Gasteiger partial charge in [-0.15, -0.1) is 6.58 Å². The number of nitrogens with one attached hydrogen (secondary N) is 1. The third-order valence-electron chi connectivity index (χ3n) is 3.16. The van der Waals surface area contributed by atoms with Gasteiger partial charge in [0.2, 0.25) is 0 Å². The van der Waals surface area contributed by atoms with Crippen LogP contribution in [0.25, 0.3) is 0 Å². The van der Waals surface area contributed by atoms with Crippen LogP contribution >= 0.6 is 0 Å². The molecule has 0 radical (unpaired) electrons. The molecule has 4 heteroatoms. The number of allylic oxidation sites excluding steroid dienone is 1. The lowest BCUT2D eigenvalue weighted by Gasteiger charge is -2.27. The van der Waals surface area contributed by atoms with Crippen molar-refractivity contribution in [2.45, 2.75) is 6.42 Å². The Morgan fingerprint density at radius 3 is 2.84 bits per heavy atom. The molecule has 0 atom stereocenters. The largest absolute Gasteiger partial charge is 0.483 e. The average Bonchev–Trinajstić information content (AvgIpc) is 2.47. The minimum Gasteiger partial charge on any atom is -0.483 e. The van der Waals surface area contributed by atoms with Crippen molar-refractivity contribution in [2.24, 2.45) is 0 Å². The summed E-state index contributed by atoms with van der Waals surface area (Å²) in [5, 5.41) is 3.22. The van der Waals surface area contributed by atoms with E-state index in [-0.39, 0.29) is 12.5 Å². The summed E-state index contributed by atoms with van der Waals surface area (Å²) in [4.78, 5) is 13.8. The normalized spacial score (nSPS) is 15.1. The van der Waals surface area contributed by atoms with Crippen LogP contribution in [-0.4, -0.2) is 43.6 Å².